The lowest BCUT2D eigenvalue weighted by Gasteiger charge is -2.23. The van der Waals surface area contributed by atoms with Crippen LogP contribution in [0.15, 0.2) is 41.4 Å². The van der Waals surface area contributed by atoms with E-state index < -0.39 is 6.03 Å². The van der Waals surface area contributed by atoms with Crippen LogP contribution in [-0.4, -0.2) is 17.9 Å². The van der Waals surface area contributed by atoms with Gasteiger partial charge in [0, 0.05) is 0 Å². The zero-order chi connectivity index (χ0) is 15.1. The highest BCUT2D eigenvalue weighted by Crippen LogP contribution is 2.25. The van der Waals surface area contributed by atoms with Crippen LogP contribution >= 0.6 is 12.4 Å². The highest BCUT2D eigenvalue weighted by atomic mass is 35.5. The Morgan fingerprint density at radius 2 is 1.86 bits per heavy atom. The summed E-state index contributed by atoms with van der Waals surface area (Å²) in [5.74, 6) is 1.33. The molecule has 0 atom stereocenters. The lowest BCUT2D eigenvalue weighted by atomic mass is 9.88. The number of benzene rings is 1. The van der Waals surface area contributed by atoms with Gasteiger partial charge in [0.1, 0.15) is 5.84 Å². The number of urea groups is 1. The van der Waals surface area contributed by atoms with E-state index in [2.05, 4.69) is 17.2 Å². The van der Waals surface area contributed by atoms with Gasteiger partial charge < -0.3 is 5.73 Å². The van der Waals surface area contributed by atoms with Gasteiger partial charge in [-0.3, -0.25) is 10.3 Å². The van der Waals surface area contributed by atoms with Crippen LogP contribution in [0.2, 0.25) is 0 Å². The molecule has 0 bridgehead atoms. The number of amides is 2. The Kier molecular flexibility index (Phi) is 7.67. The fourth-order valence-corrected chi connectivity index (χ4v) is 2.55. The van der Waals surface area contributed by atoms with Gasteiger partial charge in [-0.05, 0) is 43.2 Å². The lowest BCUT2D eigenvalue weighted by Crippen LogP contribution is -2.35. The summed E-state index contributed by atoms with van der Waals surface area (Å²) < 4.78 is 0. The van der Waals surface area contributed by atoms with Gasteiger partial charge in [0.2, 0.25) is 0 Å². The van der Waals surface area contributed by atoms with Gasteiger partial charge in [0.05, 0.1) is 6.04 Å². The van der Waals surface area contributed by atoms with Crippen molar-refractivity contribution in [1.29, 1.82) is 0 Å². The molecular formula is C17H24ClN3O. The largest absolute Gasteiger partial charge is 0.351 e. The second-order valence-electron chi connectivity index (χ2n) is 5.66. The minimum Gasteiger partial charge on any atom is -0.351 e. The molecule has 0 unspecified atom stereocenters. The monoisotopic (exact) mass is 321 g/mol. The molecule has 2 amide bonds. The van der Waals surface area contributed by atoms with E-state index in [0.717, 1.165) is 24.3 Å². The van der Waals surface area contributed by atoms with Crippen LogP contribution in [0.5, 0.6) is 0 Å². The van der Waals surface area contributed by atoms with E-state index in [9.17, 15) is 4.79 Å². The van der Waals surface area contributed by atoms with E-state index in [4.69, 9.17) is 5.73 Å². The van der Waals surface area contributed by atoms with Crippen molar-refractivity contribution in [2.24, 2.45) is 16.6 Å². The number of nitrogens with one attached hydrogen (secondary N) is 1. The third kappa shape index (κ3) is 6.31. The van der Waals surface area contributed by atoms with E-state index in [1.54, 1.807) is 0 Å². The molecule has 1 saturated carbocycles. The molecule has 0 aliphatic heterocycles. The van der Waals surface area contributed by atoms with Gasteiger partial charge in [-0.1, -0.05) is 43.3 Å². The lowest BCUT2D eigenvalue weighted by molar-refractivity contribution is 0.253. The molecule has 1 aliphatic carbocycles. The van der Waals surface area contributed by atoms with Crippen molar-refractivity contribution in [2.45, 2.75) is 38.6 Å². The fraction of sp³-hybridized carbons (Fsp3) is 0.412. The van der Waals surface area contributed by atoms with E-state index in [0.29, 0.717) is 5.84 Å². The van der Waals surface area contributed by atoms with Crippen LogP contribution < -0.4 is 11.1 Å². The number of nitrogens with zero attached hydrogens (tertiary/aromatic N) is 1. The standard InChI is InChI=1S/C17H23N3O.ClH/c1-13-7-10-15(11-8-13)19-16(20-17(18)21)12-9-14-5-3-2-4-6-14;/h2-6,9,12-13,15H,7-8,10-11H2,1H3,(H3,18,19,20,21);1H. The number of aliphatic imine (C=N–C) groups is 1. The molecule has 4 nitrogen and oxygen atoms in total. The molecule has 0 heterocycles. The molecule has 0 spiro atoms. The summed E-state index contributed by atoms with van der Waals surface area (Å²) >= 11 is 0. The Morgan fingerprint density at radius 3 is 2.45 bits per heavy atom. The van der Waals surface area contributed by atoms with Crippen LogP contribution in [0.4, 0.5) is 4.79 Å². The number of hydrogen-bond acceptors (Lipinski definition) is 2. The van der Waals surface area contributed by atoms with E-state index in [1.165, 1.54) is 12.8 Å². The third-order valence-corrected chi connectivity index (χ3v) is 3.79. The summed E-state index contributed by atoms with van der Waals surface area (Å²) in [6, 6.07) is 9.62. The Hall–Kier alpha value is -1.81. The smallest absolute Gasteiger partial charge is 0.317 e. The Morgan fingerprint density at radius 1 is 1.23 bits per heavy atom. The average molecular weight is 322 g/mol. The fourth-order valence-electron chi connectivity index (χ4n) is 2.55. The van der Waals surface area contributed by atoms with E-state index in [-0.39, 0.29) is 18.4 Å². The van der Waals surface area contributed by atoms with E-state index in [1.807, 2.05) is 42.5 Å². The Bertz CT molecular complexity index is 520. The number of rotatable bonds is 3. The van der Waals surface area contributed by atoms with Crippen molar-refractivity contribution in [3.8, 4) is 0 Å². The molecule has 1 fully saturated rings. The van der Waals surface area contributed by atoms with Gasteiger partial charge in [0.25, 0.3) is 0 Å². The second-order valence-corrected chi connectivity index (χ2v) is 5.66. The normalized spacial score (nSPS) is 22.1. The van der Waals surface area contributed by atoms with Crippen molar-refractivity contribution < 1.29 is 4.79 Å². The van der Waals surface area contributed by atoms with Gasteiger partial charge in [-0.15, -0.1) is 12.4 Å². The maximum absolute atomic E-state index is 11.1. The summed E-state index contributed by atoms with van der Waals surface area (Å²) in [5, 5.41) is 2.61. The summed E-state index contributed by atoms with van der Waals surface area (Å²) in [4.78, 5) is 15.8. The molecule has 1 aromatic carbocycles. The maximum Gasteiger partial charge on any atom is 0.317 e. The van der Waals surface area contributed by atoms with Crippen molar-refractivity contribution in [1.82, 2.24) is 5.32 Å². The molecule has 1 aromatic rings. The topological polar surface area (TPSA) is 67.5 Å². The first-order valence-corrected chi connectivity index (χ1v) is 7.51. The Labute approximate surface area is 138 Å². The van der Waals surface area contributed by atoms with Crippen LogP contribution in [-0.2, 0) is 0 Å². The molecule has 3 N–H and O–H groups in total. The minimum atomic E-state index is -0.573. The summed E-state index contributed by atoms with van der Waals surface area (Å²) in [7, 11) is 0. The highest BCUT2D eigenvalue weighted by Gasteiger charge is 2.17. The number of hydrogen-bond donors (Lipinski definition) is 2. The molecule has 0 saturated heterocycles. The van der Waals surface area contributed by atoms with Crippen LogP contribution in [0, 0.1) is 5.92 Å². The predicted molar refractivity (Wildman–Crippen MR) is 94.3 cm³/mol. The van der Waals surface area contributed by atoms with Crippen molar-refractivity contribution in [3.63, 3.8) is 0 Å². The number of halogens is 1. The van der Waals surface area contributed by atoms with E-state index >= 15 is 0 Å². The predicted octanol–water partition coefficient (Wildman–Crippen LogP) is 3.77. The number of carbonyl (C=O) groups excluding carboxylic acids is 1. The maximum atomic E-state index is 11.1. The number of nitrogens with two attached hydrogens (primary N) is 1. The van der Waals surface area contributed by atoms with Crippen LogP contribution in [0.25, 0.3) is 6.08 Å². The van der Waals surface area contributed by atoms with Crippen LogP contribution in [0.3, 0.4) is 0 Å². The SMILES string of the molecule is CC1CCC(N=C(C=Cc2ccccc2)NC(N)=O)CC1.Cl. The van der Waals surface area contributed by atoms with Crippen molar-refractivity contribution in [2.75, 3.05) is 0 Å². The average Bonchev–Trinajstić information content (AvgIpc) is 2.48. The Balaban J connectivity index is 0.00000242. The first-order valence-electron chi connectivity index (χ1n) is 7.51. The number of amidine groups is 1. The van der Waals surface area contributed by atoms with Crippen molar-refractivity contribution in [3.05, 3.63) is 42.0 Å². The third-order valence-electron chi connectivity index (χ3n) is 3.79. The van der Waals surface area contributed by atoms with Gasteiger partial charge in [0.15, 0.2) is 0 Å². The minimum absolute atomic E-state index is 0. The highest BCUT2D eigenvalue weighted by molar-refractivity contribution is 6.05. The van der Waals surface area contributed by atoms with Crippen molar-refractivity contribution >= 4 is 30.3 Å². The molecule has 5 heteroatoms. The number of carbonyl (C=O) groups is 1. The van der Waals surface area contributed by atoms with Gasteiger partial charge >= 0.3 is 6.03 Å². The van der Waals surface area contributed by atoms with Crippen LogP contribution in [0.1, 0.15) is 38.2 Å². The number of primary amides is 1. The zero-order valence-corrected chi connectivity index (χ0v) is 13.7. The molecule has 22 heavy (non-hydrogen) atoms. The molecule has 1 aliphatic rings. The summed E-state index contributed by atoms with van der Waals surface area (Å²) in [6.45, 7) is 2.28. The molecule has 2 rings (SSSR count). The second kappa shape index (κ2) is 9.26. The van der Waals surface area contributed by atoms with Gasteiger partial charge in [-0.25, -0.2) is 4.79 Å². The molecule has 0 radical (unpaired) electrons. The molecular weight excluding hydrogens is 298 g/mol. The zero-order valence-electron chi connectivity index (χ0n) is 12.9. The van der Waals surface area contributed by atoms with Gasteiger partial charge in [-0.2, -0.15) is 0 Å². The first kappa shape index (κ1) is 18.2. The molecule has 0 aromatic heterocycles. The quantitative estimate of drug-likeness (QED) is 0.646. The first-order chi connectivity index (χ1) is 10.1. The summed E-state index contributed by atoms with van der Waals surface area (Å²) in [6.07, 6.45) is 8.29. The molecule has 120 valence electrons. The summed E-state index contributed by atoms with van der Waals surface area (Å²) in [5.41, 5.74) is 6.29.